The summed E-state index contributed by atoms with van der Waals surface area (Å²) in [6, 6.07) is 7.53. The summed E-state index contributed by atoms with van der Waals surface area (Å²) in [7, 11) is -0.372. The summed E-state index contributed by atoms with van der Waals surface area (Å²) >= 11 is 0. The summed E-state index contributed by atoms with van der Waals surface area (Å²) in [5, 5.41) is 0. The predicted molar refractivity (Wildman–Crippen MR) is 81.3 cm³/mol. The molecule has 2 rings (SSSR count). The molecule has 1 aromatic carbocycles. The zero-order valence-electron chi connectivity index (χ0n) is 13.2. The van der Waals surface area contributed by atoms with E-state index >= 15 is 0 Å². The molecule has 4 heteroatoms. The Morgan fingerprint density at radius 1 is 1.00 bits per heavy atom. The summed E-state index contributed by atoms with van der Waals surface area (Å²) in [6.07, 6.45) is 0. The highest BCUT2D eigenvalue weighted by Gasteiger charge is 2.51. The third-order valence-electron chi connectivity index (χ3n) is 4.24. The molecule has 108 valence electrons. The fraction of sp³-hybridized carbons (Fsp3) is 0.562. The number of carbonyl (C=O) groups is 1. The molecule has 3 nitrogen and oxygen atoms in total. The lowest BCUT2D eigenvalue weighted by Crippen LogP contribution is -2.41. The lowest BCUT2D eigenvalue weighted by molar-refractivity contribution is 0.00578. The Labute approximate surface area is 121 Å². The van der Waals surface area contributed by atoms with Gasteiger partial charge in [0.1, 0.15) is 0 Å². The van der Waals surface area contributed by atoms with Crippen LogP contribution in [-0.2, 0) is 9.31 Å². The van der Waals surface area contributed by atoms with Gasteiger partial charge >= 0.3 is 7.12 Å². The lowest BCUT2D eigenvalue weighted by Gasteiger charge is -2.32. The van der Waals surface area contributed by atoms with E-state index in [0.29, 0.717) is 0 Å². The van der Waals surface area contributed by atoms with E-state index < -0.39 is 0 Å². The van der Waals surface area contributed by atoms with Gasteiger partial charge in [0.15, 0.2) is 5.78 Å². The van der Waals surface area contributed by atoms with Crippen molar-refractivity contribution in [3.05, 3.63) is 29.8 Å². The number of carbonyl (C=O) groups excluding carboxylic acids is 1. The van der Waals surface area contributed by atoms with Gasteiger partial charge in [-0.2, -0.15) is 0 Å². The molecule has 0 atom stereocenters. The van der Waals surface area contributed by atoms with Crippen molar-refractivity contribution in [2.24, 2.45) is 5.92 Å². The molecule has 1 heterocycles. The summed E-state index contributed by atoms with van der Waals surface area (Å²) < 4.78 is 12.0. The first-order valence-electron chi connectivity index (χ1n) is 7.14. The van der Waals surface area contributed by atoms with Crippen molar-refractivity contribution >= 4 is 18.4 Å². The molecule has 0 amide bonds. The Morgan fingerprint density at radius 2 is 1.45 bits per heavy atom. The van der Waals surface area contributed by atoms with Gasteiger partial charge in [0.2, 0.25) is 0 Å². The van der Waals surface area contributed by atoms with Crippen LogP contribution >= 0.6 is 0 Å². The number of benzene rings is 1. The van der Waals surface area contributed by atoms with Gasteiger partial charge in [-0.05, 0) is 33.2 Å². The molecule has 0 radical (unpaired) electrons. The summed E-state index contributed by atoms with van der Waals surface area (Å²) in [4.78, 5) is 11.9. The highest BCUT2D eigenvalue weighted by molar-refractivity contribution is 6.62. The topological polar surface area (TPSA) is 35.5 Å². The van der Waals surface area contributed by atoms with Crippen molar-refractivity contribution in [3.8, 4) is 0 Å². The van der Waals surface area contributed by atoms with Crippen molar-refractivity contribution in [3.63, 3.8) is 0 Å². The van der Waals surface area contributed by atoms with Gasteiger partial charge in [-0.25, -0.2) is 0 Å². The predicted octanol–water partition coefficient (Wildman–Crippen LogP) is 2.82. The minimum Gasteiger partial charge on any atom is -0.399 e. The van der Waals surface area contributed by atoms with E-state index in [9.17, 15) is 4.79 Å². The molecule has 1 fully saturated rings. The third kappa shape index (κ3) is 2.67. The first-order chi connectivity index (χ1) is 9.14. The smallest absolute Gasteiger partial charge is 0.399 e. The Kier molecular flexibility index (Phi) is 3.82. The molecule has 1 aliphatic heterocycles. The molecule has 1 aromatic rings. The molecule has 20 heavy (non-hydrogen) atoms. The van der Waals surface area contributed by atoms with E-state index in [1.165, 1.54) is 0 Å². The zero-order valence-corrected chi connectivity index (χ0v) is 13.2. The number of ketones is 1. The van der Waals surface area contributed by atoms with Crippen LogP contribution in [0.1, 0.15) is 51.9 Å². The van der Waals surface area contributed by atoms with Gasteiger partial charge in [-0.1, -0.05) is 38.1 Å². The number of hydrogen-bond acceptors (Lipinski definition) is 3. The van der Waals surface area contributed by atoms with E-state index in [4.69, 9.17) is 9.31 Å². The molecule has 1 aliphatic rings. The highest BCUT2D eigenvalue weighted by atomic mass is 16.7. The van der Waals surface area contributed by atoms with Crippen molar-refractivity contribution < 1.29 is 14.1 Å². The maximum absolute atomic E-state index is 11.9. The summed E-state index contributed by atoms with van der Waals surface area (Å²) in [6.45, 7) is 11.9. The largest absolute Gasteiger partial charge is 0.494 e. The molecule has 1 saturated heterocycles. The van der Waals surface area contributed by atoms with Gasteiger partial charge < -0.3 is 9.31 Å². The molecule has 0 spiro atoms. The second-order valence-electron chi connectivity index (χ2n) is 6.73. The highest BCUT2D eigenvalue weighted by Crippen LogP contribution is 2.36. The first kappa shape index (κ1) is 15.3. The fourth-order valence-electron chi connectivity index (χ4n) is 2.12. The second-order valence-corrected chi connectivity index (χ2v) is 6.73. The fourth-order valence-corrected chi connectivity index (χ4v) is 2.12. The standard InChI is InChI=1S/C16H23BO3/c1-11(2)14(18)12-7-9-13(10-8-12)17-19-15(3,4)16(5,6)20-17/h7-11H,1-6H3. The Hall–Kier alpha value is -1.13. The minimum absolute atomic E-state index is 0.0118. The lowest BCUT2D eigenvalue weighted by atomic mass is 9.78. The van der Waals surface area contributed by atoms with Gasteiger partial charge in [0, 0.05) is 11.5 Å². The van der Waals surface area contributed by atoms with Gasteiger partial charge in [-0.3, -0.25) is 4.79 Å². The molecule has 0 N–H and O–H groups in total. The van der Waals surface area contributed by atoms with Gasteiger partial charge in [0.25, 0.3) is 0 Å². The number of Topliss-reactive ketones (excluding diaryl/α,β-unsaturated/α-hetero) is 1. The van der Waals surface area contributed by atoms with E-state index in [1.807, 2.05) is 65.8 Å². The SMILES string of the molecule is CC(C)C(=O)c1ccc(B2OC(C)(C)C(C)(C)O2)cc1. The van der Waals surface area contributed by atoms with Crippen LogP contribution in [0.3, 0.4) is 0 Å². The van der Waals surface area contributed by atoms with Crippen LogP contribution in [0.2, 0.25) is 0 Å². The normalized spacial score (nSPS) is 20.4. The Bertz CT molecular complexity index is 487. The first-order valence-corrected chi connectivity index (χ1v) is 7.14. The van der Waals surface area contributed by atoms with Gasteiger partial charge in [0.05, 0.1) is 11.2 Å². The van der Waals surface area contributed by atoms with Crippen LogP contribution in [0.5, 0.6) is 0 Å². The van der Waals surface area contributed by atoms with Crippen LogP contribution in [0.25, 0.3) is 0 Å². The van der Waals surface area contributed by atoms with Crippen molar-refractivity contribution in [1.82, 2.24) is 0 Å². The van der Waals surface area contributed by atoms with Crippen LogP contribution < -0.4 is 5.46 Å². The van der Waals surface area contributed by atoms with Crippen molar-refractivity contribution in [2.45, 2.75) is 52.7 Å². The summed E-state index contributed by atoms with van der Waals surface area (Å²) in [5.74, 6) is 0.170. The van der Waals surface area contributed by atoms with Crippen molar-refractivity contribution in [1.29, 1.82) is 0 Å². The Morgan fingerprint density at radius 3 is 1.85 bits per heavy atom. The van der Waals surface area contributed by atoms with Crippen LogP contribution in [0.4, 0.5) is 0 Å². The number of hydrogen-bond donors (Lipinski definition) is 0. The van der Waals surface area contributed by atoms with E-state index in [0.717, 1.165) is 11.0 Å². The van der Waals surface area contributed by atoms with Crippen LogP contribution in [0.15, 0.2) is 24.3 Å². The summed E-state index contributed by atoms with van der Waals surface area (Å²) in [5.41, 5.74) is 0.998. The maximum Gasteiger partial charge on any atom is 0.494 e. The molecule has 0 bridgehead atoms. The third-order valence-corrected chi connectivity index (χ3v) is 4.24. The number of rotatable bonds is 3. The van der Waals surface area contributed by atoms with E-state index in [1.54, 1.807) is 0 Å². The van der Waals surface area contributed by atoms with Crippen LogP contribution in [-0.4, -0.2) is 24.1 Å². The molecular weight excluding hydrogens is 251 g/mol. The molecule has 0 unspecified atom stereocenters. The van der Waals surface area contributed by atoms with Crippen molar-refractivity contribution in [2.75, 3.05) is 0 Å². The zero-order chi connectivity index (χ0) is 15.1. The quantitative estimate of drug-likeness (QED) is 0.628. The Balaban J connectivity index is 2.18. The monoisotopic (exact) mass is 274 g/mol. The van der Waals surface area contributed by atoms with E-state index in [-0.39, 0.29) is 30.0 Å². The average molecular weight is 274 g/mol. The van der Waals surface area contributed by atoms with Crippen LogP contribution in [0, 0.1) is 5.92 Å². The maximum atomic E-state index is 11.9. The van der Waals surface area contributed by atoms with Gasteiger partial charge in [-0.15, -0.1) is 0 Å². The average Bonchev–Trinajstić information content (AvgIpc) is 2.57. The molecule has 0 saturated carbocycles. The van der Waals surface area contributed by atoms with E-state index in [2.05, 4.69) is 0 Å². The molecule has 0 aliphatic carbocycles. The molecular formula is C16H23BO3. The molecule has 0 aromatic heterocycles. The second kappa shape index (κ2) is 5.01. The minimum atomic E-state index is -0.372.